The zero-order valence-electron chi connectivity index (χ0n) is 20.1. The highest BCUT2D eigenvalue weighted by molar-refractivity contribution is 6.18. The average molecular weight is 461 g/mol. The molecule has 0 aliphatic carbocycles. The van der Waals surface area contributed by atoms with Gasteiger partial charge in [-0.1, -0.05) is 13.8 Å². The van der Waals surface area contributed by atoms with Crippen molar-refractivity contribution in [2.45, 2.75) is 60.5 Å². The van der Waals surface area contributed by atoms with Crippen LogP contribution in [0.1, 0.15) is 77.1 Å². The molecule has 0 atom stereocenters. The Balaban J connectivity index is 1.94. The molecule has 4 aromatic rings. The molecule has 0 radical (unpaired) electrons. The van der Waals surface area contributed by atoms with E-state index in [9.17, 15) is 9.59 Å². The Morgan fingerprint density at radius 1 is 0.794 bits per heavy atom. The second kappa shape index (κ2) is 9.50. The van der Waals surface area contributed by atoms with Crippen LogP contribution in [-0.2, 0) is 25.9 Å². The van der Waals surface area contributed by atoms with Gasteiger partial charge >= 0.3 is 0 Å². The Kier molecular flexibility index (Phi) is 6.49. The second-order valence-electron chi connectivity index (χ2n) is 7.91. The van der Waals surface area contributed by atoms with Gasteiger partial charge in [-0.25, -0.2) is 24.9 Å². The van der Waals surface area contributed by atoms with Gasteiger partial charge in [0, 0.05) is 38.1 Å². The number of aryl methyl sites for hydroxylation is 5. The van der Waals surface area contributed by atoms with Gasteiger partial charge in [0.15, 0.2) is 0 Å². The quantitative estimate of drug-likeness (QED) is 0.353. The highest BCUT2D eigenvalue weighted by atomic mass is 16.1. The molecule has 0 aromatic carbocycles. The molecular weight excluding hydrogens is 432 g/mol. The average Bonchev–Trinajstić information content (AvgIpc) is 3.61. The normalized spacial score (nSPS) is 11.2. The number of hydrogen-bond donors (Lipinski definition) is 0. The summed E-state index contributed by atoms with van der Waals surface area (Å²) in [5.74, 6) is 0.266. The maximum absolute atomic E-state index is 13.6. The zero-order chi connectivity index (χ0) is 24.4. The molecule has 4 aromatic heterocycles. The van der Waals surface area contributed by atoms with Gasteiger partial charge in [0.2, 0.25) is 17.5 Å². The minimum atomic E-state index is -0.432. The molecule has 0 aliphatic rings. The molecule has 34 heavy (non-hydrogen) atoms. The van der Waals surface area contributed by atoms with Crippen molar-refractivity contribution in [1.29, 1.82) is 0 Å². The standard InChI is InChI=1S/C24H28N8O2/c1-6-16-20(22(33)17-11-30(8-3)13-25-17)21(23(34)18-12-31(9-4)14-26-18)29-24(28-16)32-10-15(5)27-19(32)7-2/h10-14H,6-9H2,1-5H3. The highest BCUT2D eigenvalue weighted by Gasteiger charge is 2.29. The van der Waals surface area contributed by atoms with Gasteiger partial charge in [0.25, 0.3) is 0 Å². The highest BCUT2D eigenvalue weighted by Crippen LogP contribution is 2.22. The van der Waals surface area contributed by atoms with Crippen LogP contribution in [0.5, 0.6) is 0 Å². The van der Waals surface area contributed by atoms with E-state index < -0.39 is 5.78 Å². The van der Waals surface area contributed by atoms with Gasteiger partial charge in [0.1, 0.15) is 22.9 Å². The van der Waals surface area contributed by atoms with Crippen LogP contribution in [0.15, 0.2) is 31.2 Å². The number of aromatic nitrogens is 8. The van der Waals surface area contributed by atoms with E-state index in [0.717, 1.165) is 11.5 Å². The largest absolute Gasteiger partial charge is 0.337 e. The first-order valence-corrected chi connectivity index (χ1v) is 11.5. The molecule has 4 heterocycles. The number of rotatable bonds is 9. The smallest absolute Gasteiger partial charge is 0.236 e. The van der Waals surface area contributed by atoms with Crippen LogP contribution in [0.4, 0.5) is 0 Å². The minimum absolute atomic E-state index is 0.0210. The molecule has 0 aliphatic heterocycles. The van der Waals surface area contributed by atoms with Crippen molar-refractivity contribution < 1.29 is 9.59 Å². The third-order valence-corrected chi connectivity index (χ3v) is 5.64. The van der Waals surface area contributed by atoms with E-state index in [-0.39, 0.29) is 28.4 Å². The lowest BCUT2D eigenvalue weighted by Gasteiger charge is -2.13. The van der Waals surface area contributed by atoms with E-state index in [1.807, 2.05) is 40.8 Å². The molecule has 4 rings (SSSR count). The maximum Gasteiger partial charge on any atom is 0.236 e. The van der Waals surface area contributed by atoms with Crippen molar-refractivity contribution in [3.8, 4) is 5.95 Å². The van der Waals surface area contributed by atoms with Gasteiger partial charge in [-0.05, 0) is 27.2 Å². The summed E-state index contributed by atoms with van der Waals surface area (Å²) in [6.07, 6.45) is 9.45. The Morgan fingerprint density at radius 2 is 1.41 bits per heavy atom. The third-order valence-electron chi connectivity index (χ3n) is 5.64. The van der Waals surface area contributed by atoms with Gasteiger partial charge in [-0.3, -0.25) is 14.2 Å². The number of carbonyl (C=O) groups excluding carboxylic acids is 2. The number of ketones is 2. The van der Waals surface area contributed by atoms with E-state index in [4.69, 9.17) is 4.98 Å². The Bertz CT molecular complexity index is 1360. The molecular formula is C24H28N8O2. The Morgan fingerprint density at radius 3 is 1.94 bits per heavy atom. The Labute approximate surface area is 197 Å². The van der Waals surface area contributed by atoms with Crippen molar-refractivity contribution >= 4 is 11.6 Å². The summed E-state index contributed by atoms with van der Waals surface area (Å²) in [4.78, 5) is 49.6. The van der Waals surface area contributed by atoms with E-state index in [2.05, 4.69) is 19.9 Å². The lowest BCUT2D eigenvalue weighted by atomic mass is 9.99. The third kappa shape index (κ3) is 4.18. The summed E-state index contributed by atoms with van der Waals surface area (Å²) in [5, 5.41) is 0. The molecule has 0 saturated heterocycles. The van der Waals surface area contributed by atoms with Crippen molar-refractivity contribution in [3.63, 3.8) is 0 Å². The van der Waals surface area contributed by atoms with Crippen LogP contribution >= 0.6 is 0 Å². The lowest BCUT2D eigenvalue weighted by molar-refractivity contribution is 0.0994. The Hall–Kier alpha value is -3.95. The number of hydrogen-bond acceptors (Lipinski definition) is 7. The van der Waals surface area contributed by atoms with Crippen LogP contribution in [0.25, 0.3) is 5.95 Å². The zero-order valence-corrected chi connectivity index (χ0v) is 20.1. The molecule has 176 valence electrons. The molecule has 0 unspecified atom stereocenters. The summed E-state index contributed by atoms with van der Waals surface area (Å²) in [5.41, 5.74) is 1.95. The summed E-state index contributed by atoms with van der Waals surface area (Å²) >= 11 is 0. The van der Waals surface area contributed by atoms with Crippen LogP contribution < -0.4 is 0 Å². The van der Waals surface area contributed by atoms with Gasteiger partial charge < -0.3 is 9.13 Å². The van der Waals surface area contributed by atoms with E-state index in [0.29, 0.717) is 37.6 Å². The number of nitrogens with zero attached hydrogens (tertiary/aromatic N) is 8. The van der Waals surface area contributed by atoms with Crippen molar-refractivity contribution in [2.24, 2.45) is 0 Å². The molecule has 0 bridgehead atoms. The molecule has 0 saturated carbocycles. The van der Waals surface area contributed by atoms with Crippen LogP contribution in [-0.4, -0.2) is 50.2 Å². The number of imidazole rings is 3. The first-order valence-electron chi connectivity index (χ1n) is 11.5. The molecule has 0 amide bonds. The molecule has 10 nitrogen and oxygen atoms in total. The van der Waals surface area contributed by atoms with E-state index >= 15 is 0 Å². The van der Waals surface area contributed by atoms with Crippen molar-refractivity contribution in [3.05, 3.63) is 71.1 Å². The van der Waals surface area contributed by atoms with Gasteiger partial charge in [-0.2, -0.15) is 0 Å². The minimum Gasteiger partial charge on any atom is -0.337 e. The fraction of sp³-hybridized carbons (Fsp3) is 0.375. The molecule has 0 N–H and O–H groups in total. The topological polar surface area (TPSA) is 113 Å². The predicted octanol–water partition coefficient (Wildman–Crippen LogP) is 2.99. The summed E-state index contributed by atoms with van der Waals surface area (Å²) < 4.78 is 5.38. The van der Waals surface area contributed by atoms with E-state index in [1.54, 1.807) is 38.7 Å². The van der Waals surface area contributed by atoms with Crippen LogP contribution in [0.3, 0.4) is 0 Å². The van der Waals surface area contributed by atoms with Crippen molar-refractivity contribution in [1.82, 2.24) is 38.6 Å². The first kappa shape index (κ1) is 23.2. The van der Waals surface area contributed by atoms with Gasteiger partial charge in [-0.15, -0.1) is 0 Å². The summed E-state index contributed by atoms with van der Waals surface area (Å²) in [6, 6.07) is 0. The SMILES string of the molecule is CCc1nc(-n2cc(C)nc2CC)nc(C(=O)c2cn(CC)cn2)c1C(=O)c1cn(CC)cn1. The molecule has 0 fully saturated rings. The van der Waals surface area contributed by atoms with Crippen LogP contribution in [0.2, 0.25) is 0 Å². The maximum atomic E-state index is 13.6. The lowest BCUT2D eigenvalue weighted by Crippen LogP contribution is -2.20. The van der Waals surface area contributed by atoms with Crippen molar-refractivity contribution in [2.75, 3.05) is 0 Å². The number of carbonyl (C=O) groups is 2. The fourth-order valence-electron chi connectivity index (χ4n) is 3.78. The second-order valence-corrected chi connectivity index (χ2v) is 7.91. The first-order chi connectivity index (χ1) is 16.4. The summed E-state index contributed by atoms with van der Waals surface area (Å²) in [7, 11) is 0. The monoisotopic (exact) mass is 460 g/mol. The summed E-state index contributed by atoms with van der Waals surface area (Å²) in [6.45, 7) is 11.0. The molecule has 0 spiro atoms. The van der Waals surface area contributed by atoms with Gasteiger partial charge in [0.05, 0.1) is 29.6 Å². The predicted molar refractivity (Wildman–Crippen MR) is 125 cm³/mol. The van der Waals surface area contributed by atoms with Crippen LogP contribution in [0, 0.1) is 6.92 Å². The molecule has 10 heteroatoms. The fourth-order valence-corrected chi connectivity index (χ4v) is 3.78. The van der Waals surface area contributed by atoms with E-state index in [1.165, 1.54) is 0 Å².